The van der Waals surface area contributed by atoms with Gasteiger partial charge in [0.25, 0.3) is 0 Å². The second-order valence-electron chi connectivity index (χ2n) is 9.39. The molecule has 0 heterocycles. The van der Waals surface area contributed by atoms with Gasteiger partial charge < -0.3 is 10.2 Å². The van der Waals surface area contributed by atoms with E-state index in [9.17, 15) is 18.0 Å². The third-order valence-electron chi connectivity index (χ3n) is 5.58. The first kappa shape index (κ1) is 29.9. The average Bonchev–Trinajstić information content (AvgIpc) is 2.74. The minimum absolute atomic E-state index is 0.0669. The highest BCUT2D eigenvalue weighted by atomic mass is 35.5. The first-order valence-corrected chi connectivity index (χ1v) is 14.4. The van der Waals surface area contributed by atoms with Crippen LogP contribution in [0.4, 0.5) is 5.69 Å². The van der Waals surface area contributed by atoms with Crippen LogP contribution in [0.3, 0.4) is 0 Å². The number of nitrogens with one attached hydrogen (secondary N) is 1. The predicted molar refractivity (Wildman–Crippen MR) is 147 cm³/mol. The van der Waals surface area contributed by atoms with Crippen LogP contribution in [0.1, 0.15) is 50.3 Å². The van der Waals surface area contributed by atoms with E-state index in [-0.39, 0.29) is 43.8 Å². The standard InChI is InChI=1S/C26H35Cl2N3O4S/c1-17(2)29-26(33)20(5)30(16-21-9-10-23(27)24(28)15-21)25(32)8-7-11-31(36(6,34)35)22-13-18(3)12-19(4)14-22/h9-10,12-15,17,20H,7-8,11,16H2,1-6H3,(H,29,33)/t20-/m0/s1. The molecule has 0 aliphatic heterocycles. The normalized spacial score (nSPS) is 12.4. The number of carbonyl (C=O) groups excluding carboxylic acids is 2. The van der Waals surface area contributed by atoms with Gasteiger partial charge in [-0.25, -0.2) is 8.42 Å². The third-order valence-corrected chi connectivity index (χ3v) is 7.51. The number of anilines is 1. The molecule has 0 aromatic heterocycles. The Hall–Kier alpha value is -2.29. The highest BCUT2D eigenvalue weighted by Gasteiger charge is 2.27. The molecule has 0 radical (unpaired) electrons. The summed E-state index contributed by atoms with van der Waals surface area (Å²) < 4.78 is 26.4. The first-order chi connectivity index (χ1) is 16.7. The number of amides is 2. The number of hydrogen-bond acceptors (Lipinski definition) is 4. The molecule has 0 saturated heterocycles. The zero-order chi connectivity index (χ0) is 27.2. The predicted octanol–water partition coefficient (Wildman–Crippen LogP) is 5.10. The van der Waals surface area contributed by atoms with Crippen LogP contribution >= 0.6 is 23.2 Å². The van der Waals surface area contributed by atoms with Crippen molar-refractivity contribution < 1.29 is 18.0 Å². The van der Waals surface area contributed by atoms with Crippen molar-refractivity contribution in [2.45, 2.75) is 66.1 Å². The molecule has 0 unspecified atom stereocenters. The Morgan fingerprint density at radius 1 is 0.972 bits per heavy atom. The van der Waals surface area contributed by atoms with Crippen molar-refractivity contribution in [3.63, 3.8) is 0 Å². The zero-order valence-electron chi connectivity index (χ0n) is 21.6. The van der Waals surface area contributed by atoms with Crippen LogP contribution < -0.4 is 9.62 Å². The molecule has 0 bridgehead atoms. The van der Waals surface area contributed by atoms with Gasteiger partial charge in [0.2, 0.25) is 21.8 Å². The van der Waals surface area contributed by atoms with Gasteiger partial charge in [0.05, 0.1) is 22.0 Å². The molecule has 2 rings (SSSR count). The van der Waals surface area contributed by atoms with Gasteiger partial charge >= 0.3 is 0 Å². The Labute approximate surface area is 224 Å². The molecule has 0 aliphatic rings. The summed E-state index contributed by atoms with van der Waals surface area (Å²) in [4.78, 5) is 27.5. The lowest BCUT2D eigenvalue weighted by Crippen LogP contribution is -2.49. The summed E-state index contributed by atoms with van der Waals surface area (Å²) in [5.41, 5.74) is 3.20. The maximum absolute atomic E-state index is 13.3. The molecule has 198 valence electrons. The first-order valence-electron chi connectivity index (χ1n) is 11.8. The van der Waals surface area contributed by atoms with Crippen LogP contribution in [-0.4, -0.2) is 50.0 Å². The van der Waals surface area contributed by atoms with Crippen molar-refractivity contribution >= 4 is 50.7 Å². The van der Waals surface area contributed by atoms with Crippen molar-refractivity contribution in [1.82, 2.24) is 10.2 Å². The fourth-order valence-corrected chi connectivity index (χ4v) is 5.19. The van der Waals surface area contributed by atoms with Gasteiger partial charge in [-0.1, -0.05) is 35.3 Å². The Bertz CT molecular complexity index is 1180. The lowest BCUT2D eigenvalue weighted by Gasteiger charge is -2.30. The SMILES string of the molecule is Cc1cc(C)cc(N(CCCC(=O)N(Cc2ccc(Cl)c(Cl)c2)[C@@H](C)C(=O)NC(C)C)S(C)(=O)=O)c1. The van der Waals surface area contributed by atoms with Crippen molar-refractivity contribution in [2.75, 3.05) is 17.1 Å². The van der Waals surface area contributed by atoms with E-state index in [1.807, 2.05) is 45.9 Å². The molecule has 1 atom stereocenters. The Balaban J connectivity index is 2.22. The van der Waals surface area contributed by atoms with E-state index in [0.717, 1.165) is 22.9 Å². The molecule has 0 saturated carbocycles. The van der Waals surface area contributed by atoms with Gasteiger partial charge in [-0.15, -0.1) is 0 Å². The minimum Gasteiger partial charge on any atom is -0.352 e. The van der Waals surface area contributed by atoms with Gasteiger partial charge in [-0.2, -0.15) is 0 Å². The summed E-state index contributed by atoms with van der Waals surface area (Å²) in [5.74, 6) is -0.534. The molecule has 0 aliphatic carbocycles. The van der Waals surface area contributed by atoms with E-state index in [1.54, 1.807) is 25.1 Å². The van der Waals surface area contributed by atoms with Crippen molar-refractivity contribution in [2.24, 2.45) is 0 Å². The third kappa shape index (κ3) is 8.68. The number of halogens is 2. The van der Waals surface area contributed by atoms with Gasteiger partial charge in [0.15, 0.2) is 0 Å². The molecule has 1 N–H and O–H groups in total. The lowest BCUT2D eigenvalue weighted by atomic mass is 10.1. The van der Waals surface area contributed by atoms with Gasteiger partial charge in [-0.3, -0.25) is 13.9 Å². The summed E-state index contributed by atoms with van der Waals surface area (Å²) in [6, 6.07) is 9.85. The number of rotatable bonds is 11. The van der Waals surface area contributed by atoms with Crippen LogP contribution in [0, 0.1) is 13.8 Å². The maximum Gasteiger partial charge on any atom is 0.242 e. The number of carbonyl (C=O) groups is 2. The van der Waals surface area contributed by atoms with Crippen molar-refractivity contribution in [3.05, 3.63) is 63.1 Å². The number of benzene rings is 2. The largest absolute Gasteiger partial charge is 0.352 e. The van der Waals surface area contributed by atoms with Crippen molar-refractivity contribution in [1.29, 1.82) is 0 Å². The summed E-state index contributed by atoms with van der Waals surface area (Å²) in [6.07, 6.45) is 1.51. The molecular weight excluding hydrogens is 521 g/mol. The van der Waals surface area contributed by atoms with Gasteiger partial charge in [0.1, 0.15) is 6.04 Å². The van der Waals surface area contributed by atoms with Crippen LogP contribution in [0.2, 0.25) is 10.0 Å². The lowest BCUT2D eigenvalue weighted by molar-refractivity contribution is -0.140. The molecule has 2 aromatic rings. The summed E-state index contributed by atoms with van der Waals surface area (Å²) in [6.45, 7) is 9.49. The molecular formula is C26H35Cl2N3O4S. The fraction of sp³-hybridized carbons (Fsp3) is 0.462. The molecule has 0 fully saturated rings. The molecule has 2 amide bonds. The maximum atomic E-state index is 13.3. The van der Waals surface area contributed by atoms with Crippen LogP contribution in [-0.2, 0) is 26.2 Å². The highest BCUT2D eigenvalue weighted by molar-refractivity contribution is 7.92. The second-order valence-corrected chi connectivity index (χ2v) is 12.1. The van der Waals surface area contributed by atoms with Crippen LogP contribution in [0.15, 0.2) is 36.4 Å². The van der Waals surface area contributed by atoms with Gasteiger partial charge in [0, 0.05) is 25.6 Å². The summed E-state index contributed by atoms with van der Waals surface area (Å²) in [5, 5.41) is 3.60. The van der Waals surface area contributed by atoms with E-state index < -0.39 is 16.1 Å². The molecule has 0 spiro atoms. The molecule has 7 nitrogen and oxygen atoms in total. The smallest absolute Gasteiger partial charge is 0.242 e. The van der Waals surface area contributed by atoms with E-state index in [4.69, 9.17) is 23.2 Å². The quantitative estimate of drug-likeness (QED) is 0.418. The fourth-order valence-electron chi connectivity index (χ4n) is 3.92. The van der Waals surface area contributed by atoms with Gasteiger partial charge in [-0.05, 0) is 82.0 Å². The topological polar surface area (TPSA) is 86.8 Å². The monoisotopic (exact) mass is 555 g/mol. The van der Waals surface area contributed by atoms with E-state index in [0.29, 0.717) is 15.7 Å². The summed E-state index contributed by atoms with van der Waals surface area (Å²) in [7, 11) is -3.55. The average molecular weight is 557 g/mol. The minimum atomic E-state index is -3.55. The Kier molecular flexibility index (Phi) is 10.6. The van der Waals surface area contributed by atoms with E-state index >= 15 is 0 Å². The van der Waals surface area contributed by atoms with Crippen LogP contribution in [0.25, 0.3) is 0 Å². The van der Waals surface area contributed by atoms with Crippen molar-refractivity contribution in [3.8, 4) is 0 Å². The molecule has 2 aromatic carbocycles. The molecule has 36 heavy (non-hydrogen) atoms. The number of nitrogens with zero attached hydrogens (tertiary/aromatic N) is 2. The summed E-state index contributed by atoms with van der Waals surface area (Å²) >= 11 is 12.2. The number of sulfonamides is 1. The number of hydrogen-bond donors (Lipinski definition) is 1. The van der Waals surface area contributed by atoms with E-state index in [1.165, 1.54) is 9.21 Å². The Morgan fingerprint density at radius 3 is 2.11 bits per heavy atom. The Morgan fingerprint density at radius 2 is 1.58 bits per heavy atom. The molecule has 10 heteroatoms. The highest BCUT2D eigenvalue weighted by Crippen LogP contribution is 2.25. The van der Waals surface area contributed by atoms with E-state index in [2.05, 4.69) is 5.32 Å². The van der Waals surface area contributed by atoms with Crippen LogP contribution in [0.5, 0.6) is 0 Å². The zero-order valence-corrected chi connectivity index (χ0v) is 24.0. The number of aryl methyl sites for hydroxylation is 2. The second kappa shape index (κ2) is 12.8.